The van der Waals surface area contributed by atoms with E-state index in [0.29, 0.717) is 5.69 Å². The van der Waals surface area contributed by atoms with Crippen molar-refractivity contribution >= 4 is 34.0 Å². The smallest absolute Gasteiger partial charge is 0.238 e. The minimum Gasteiger partial charge on any atom is -0.324 e. The van der Waals surface area contributed by atoms with Gasteiger partial charge in [-0.3, -0.25) is 4.79 Å². The van der Waals surface area contributed by atoms with Crippen molar-refractivity contribution in [1.29, 1.82) is 0 Å². The lowest BCUT2D eigenvalue weighted by molar-refractivity contribution is -0.115. The molecule has 3 aromatic rings. The van der Waals surface area contributed by atoms with E-state index in [9.17, 15) is 9.18 Å². The zero-order valence-corrected chi connectivity index (χ0v) is 14.5. The number of carbonyl (C=O) groups excluding carboxylic acids is 1. The summed E-state index contributed by atoms with van der Waals surface area (Å²) in [4.78, 5) is 12.1. The molecule has 5 heteroatoms. The number of nitrogens with one attached hydrogen (secondary N) is 2. The molecule has 0 aliphatic carbocycles. The predicted molar refractivity (Wildman–Crippen MR) is 100 cm³/mol. The molecule has 0 aromatic heterocycles. The summed E-state index contributed by atoms with van der Waals surface area (Å²) >= 11 is 5.92. The molecular weight excluding hydrogens is 339 g/mol. The van der Waals surface area contributed by atoms with Crippen molar-refractivity contribution in [1.82, 2.24) is 5.32 Å². The highest BCUT2D eigenvalue weighted by molar-refractivity contribution is 6.33. The molecule has 0 aliphatic heterocycles. The monoisotopic (exact) mass is 356 g/mol. The fraction of sp³-hybridized carbons (Fsp3) is 0.150. The molecule has 1 amide bonds. The Hall–Kier alpha value is -2.43. The summed E-state index contributed by atoms with van der Waals surface area (Å²) in [6.45, 7) is 2.14. The Morgan fingerprint density at radius 3 is 2.68 bits per heavy atom. The van der Waals surface area contributed by atoms with Crippen molar-refractivity contribution in [3.63, 3.8) is 0 Å². The maximum Gasteiger partial charge on any atom is 0.238 e. The van der Waals surface area contributed by atoms with Crippen LogP contribution in [0.3, 0.4) is 0 Å². The molecule has 0 fully saturated rings. The summed E-state index contributed by atoms with van der Waals surface area (Å²) in [5.41, 5.74) is 1.53. The van der Waals surface area contributed by atoms with Crippen LogP contribution in [0.4, 0.5) is 10.1 Å². The highest BCUT2D eigenvalue weighted by Gasteiger charge is 2.12. The van der Waals surface area contributed by atoms with Crippen LogP contribution in [0.25, 0.3) is 10.8 Å². The van der Waals surface area contributed by atoms with Crippen LogP contribution < -0.4 is 10.6 Å². The number of anilines is 1. The zero-order chi connectivity index (χ0) is 17.8. The normalized spacial score (nSPS) is 12.1. The van der Waals surface area contributed by atoms with Gasteiger partial charge in [-0.2, -0.15) is 0 Å². The third kappa shape index (κ3) is 4.16. The van der Waals surface area contributed by atoms with Crippen molar-refractivity contribution < 1.29 is 9.18 Å². The van der Waals surface area contributed by atoms with E-state index in [0.717, 1.165) is 16.3 Å². The molecule has 3 nitrogen and oxygen atoms in total. The summed E-state index contributed by atoms with van der Waals surface area (Å²) in [5.74, 6) is -0.675. The molecule has 0 radical (unpaired) electrons. The van der Waals surface area contributed by atoms with Crippen LogP contribution in [0.1, 0.15) is 18.5 Å². The first-order valence-electron chi connectivity index (χ1n) is 8.00. The van der Waals surface area contributed by atoms with Gasteiger partial charge in [-0.05, 0) is 41.5 Å². The SMILES string of the molecule is C[C@H](NCC(=O)Nc1ccc(F)cc1Cl)c1cccc2ccccc12. The molecule has 0 aliphatic rings. The number of amides is 1. The first-order valence-corrected chi connectivity index (χ1v) is 8.38. The van der Waals surface area contributed by atoms with E-state index in [2.05, 4.69) is 34.9 Å². The Bertz CT molecular complexity index is 908. The van der Waals surface area contributed by atoms with Crippen LogP contribution in [-0.4, -0.2) is 12.5 Å². The van der Waals surface area contributed by atoms with E-state index in [1.807, 2.05) is 25.1 Å². The lowest BCUT2D eigenvalue weighted by atomic mass is 10.00. The molecule has 0 bridgehead atoms. The van der Waals surface area contributed by atoms with Gasteiger partial charge in [-0.25, -0.2) is 4.39 Å². The average molecular weight is 357 g/mol. The van der Waals surface area contributed by atoms with Crippen molar-refractivity contribution in [3.8, 4) is 0 Å². The molecular formula is C20H18ClFN2O. The first-order chi connectivity index (χ1) is 12.0. The largest absolute Gasteiger partial charge is 0.324 e. The number of hydrogen-bond acceptors (Lipinski definition) is 2. The van der Waals surface area contributed by atoms with Crippen molar-refractivity contribution in [3.05, 3.63) is 77.1 Å². The van der Waals surface area contributed by atoms with Crippen molar-refractivity contribution in [2.75, 3.05) is 11.9 Å². The third-order valence-corrected chi connectivity index (χ3v) is 4.38. The lowest BCUT2D eigenvalue weighted by Gasteiger charge is -2.16. The summed E-state index contributed by atoms with van der Waals surface area (Å²) in [7, 11) is 0. The van der Waals surface area contributed by atoms with Crippen LogP contribution in [0.2, 0.25) is 5.02 Å². The van der Waals surface area contributed by atoms with E-state index in [-0.39, 0.29) is 23.5 Å². The molecule has 1 atom stereocenters. The average Bonchev–Trinajstić information content (AvgIpc) is 2.61. The van der Waals surface area contributed by atoms with Crippen LogP contribution in [0.15, 0.2) is 60.7 Å². The Morgan fingerprint density at radius 1 is 1.12 bits per heavy atom. The number of benzene rings is 3. The highest BCUT2D eigenvalue weighted by Crippen LogP contribution is 2.24. The van der Waals surface area contributed by atoms with Gasteiger partial charge in [0.15, 0.2) is 0 Å². The number of halogens is 2. The van der Waals surface area contributed by atoms with Crippen molar-refractivity contribution in [2.24, 2.45) is 0 Å². The zero-order valence-electron chi connectivity index (χ0n) is 13.7. The third-order valence-electron chi connectivity index (χ3n) is 4.06. The van der Waals surface area contributed by atoms with Gasteiger partial charge in [0.25, 0.3) is 0 Å². The summed E-state index contributed by atoms with van der Waals surface area (Å²) < 4.78 is 13.0. The van der Waals surface area contributed by atoms with Gasteiger partial charge in [-0.15, -0.1) is 0 Å². The molecule has 0 unspecified atom stereocenters. The van der Waals surface area contributed by atoms with Gasteiger partial charge in [0.1, 0.15) is 5.82 Å². The fourth-order valence-corrected chi connectivity index (χ4v) is 2.98. The highest BCUT2D eigenvalue weighted by atomic mass is 35.5. The Labute approximate surface area is 150 Å². The minimum absolute atomic E-state index is 0.000500. The van der Waals surface area contributed by atoms with E-state index in [4.69, 9.17) is 11.6 Å². The number of carbonyl (C=O) groups is 1. The standard InChI is InChI=1S/C20H18ClFN2O/c1-13(16-8-4-6-14-5-2-3-7-17(14)16)23-12-20(25)24-19-10-9-15(22)11-18(19)21/h2-11,13,23H,12H2,1H3,(H,24,25)/t13-/m0/s1. The van der Waals surface area contributed by atoms with Crippen molar-refractivity contribution in [2.45, 2.75) is 13.0 Å². The molecule has 0 saturated heterocycles. The van der Waals surface area contributed by atoms with Crippen LogP contribution in [-0.2, 0) is 4.79 Å². The topological polar surface area (TPSA) is 41.1 Å². The van der Waals surface area contributed by atoms with E-state index in [1.54, 1.807) is 0 Å². The molecule has 25 heavy (non-hydrogen) atoms. The van der Waals surface area contributed by atoms with Crippen LogP contribution >= 0.6 is 11.6 Å². The minimum atomic E-state index is -0.439. The van der Waals surface area contributed by atoms with Gasteiger partial charge in [0.2, 0.25) is 5.91 Å². The predicted octanol–water partition coefficient (Wildman–Crippen LogP) is 4.92. The van der Waals surface area contributed by atoms with E-state index in [1.165, 1.54) is 18.2 Å². The van der Waals surface area contributed by atoms with Crippen LogP contribution in [0, 0.1) is 5.82 Å². The van der Waals surface area contributed by atoms with Gasteiger partial charge in [0.05, 0.1) is 17.3 Å². The summed E-state index contributed by atoms with van der Waals surface area (Å²) in [6.07, 6.45) is 0. The Balaban J connectivity index is 1.65. The van der Waals surface area contributed by atoms with Gasteiger partial charge in [0, 0.05) is 6.04 Å². The van der Waals surface area contributed by atoms with Gasteiger partial charge in [-0.1, -0.05) is 54.1 Å². The maximum absolute atomic E-state index is 13.0. The molecule has 3 aromatic carbocycles. The maximum atomic E-state index is 13.0. The van der Waals surface area contributed by atoms with E-state index >= 15 is 0 Å². The molecule has 2 N–H and O–H groups in total. The first kappa shape index (κ1) is 17.4. The summed E-state index contributed by atoms with van der Waals surface area (Å²) in [5, 5.41) is 8.39. The summed E-state index contributed by atoms with van der Waals surface area (Å²) in [6, 6.07) is 18.1. The molecule has 128 valence electrons. The molecule has 0 heterocycles. The van der Waals surface area contributed by atoms with Gasteiger partial charge < -0.3 is 10.6 Å². The Morgan fingerprint density at radius 2 is 1.88 bits per heavy atom. The van der Waals surface area contributed by atoms with E-state index < -0.39 is 5.82 Å². The Kier molecular flexibility index (Phi) is 5.31. The second kappa shape index (κ2) is 7.64. The molecule has 0 spiro atoms. The number of hydrogen-bond donors (Lipinski definition) is 2. The number of fused-ring (bicyclic) bond motifs is 1. The molecule has 0 saturated carbocycles. The lowest BCUT2D eigenvalue weighted by Crippen LogP contribution is -2.30. The quantitative estimate of drug-likeness (QED) is 0.681. The van der Waals surface area contributed by atoms with Crippen LogP contribution in [0.5, 0.6) is 0 Å². The molecule has 3 rings (SSSR count). The fourth-order valence-electron chi connectivity index (χ4n) is 2.77. The second-order valence-electron chi connectivity index (χ2n) is 5.84. The second-order valence-corrected chi connectivity index (χ2v) is 6.25. The van der Waals surface area contributed by atoms with Gasteiger partial charge >= 0.3 is 0 Å². The number of rotatable bonds is 5.